The van der Waals surface area contributed by atoms with Gasteiger partial charge in [-0.15, -0.1) is 0 Å². The van der Waals surface area contributed by atoms with Gasteiger partial charge in [0.2, 0.25) is 6.29 Å². The molecular formula is C19H19NO7. The van der Waals surface area contributed by atoms with Gasteiger partial charge in [-0.25, -0.2) is 4.98 Å². The Morgan fingerprint density at radius 3 is 2.74 bits per heavy atom. The Kier molecular flexibility index (Phi) is 4.56. The van der Waals surface area contributed by atoms with Crippen molar-refractivity contribution in [1.82, 2.24) is 4.98 Å². The lowest BCUT2D eigenvalue weighted by molar-refractivity contribution is -0.260. The van der Waals surface area contributed by atoms with Crippen molar-refractivity contribution in [2.75, 3.05) is 6.61 Å². The van der Waals surface area contributed by atoms with Crippen LogP contribution in [0.25, 0.3) is 22.6 Å². The van der Waals surface area contributed by atoms with Gasteiger partial charge in [-0.05, 0) is 24.3 Å². The van der Waals surface area contributed by atoms with E-state index in [0.29, 0.717) is 28.3 Å². The molecule has 0 bridgehead atoms. The third kappa shape index (κ3) is 3.28. The molecule has 2 heterocycles. The van der Waals surface area contributed by atoms with E-state index in [1.807, 2.05) is 0 Å². The number of hydrogen-bond donors (Lipinski definition) is 3. The van der Waals surface area contributed by atoms with Crippen molar-refractivity contribution in [3.8, 4) is 17.2 Å². The van der Waals surface area contributed by atoms with Gasteiger partial charge in [0.05, 0.1) is 18.8 Å². The maximum Gasteiger partial charge on any atom is 0.229 e. The van der Waals surface area contributed by atoms with Crippen LogP contribution in [0.1, 0.15) is 6.92 Å². The van der Waals surface area contributed by atoms with Crippen molar-refractivity contribution < 1.29 is 29.2 Å². The molecule has 0 aromatic heterocycles. The molecule has 2 aliphatic heterocycles. The molecule has 8 heteroatoms. The van der Waals surface area contributed by atoms with Crippen LogP contribution in [-0.4, -0.2) is 51.5 Å². The number of benzene rings is 2. The van der Waals surface area contributed by atoms with Crippen LogP contribution in [0, 0.1) is 5.92 Å². The first kappa shape index (κ1) is 17.9. The number of aliphatic hydroxyl groups excluding tert-OH is 3. The summed E-state index contributed by atoms with van der Waals surface area (Å²) in [6.07, 6.45) is -4.16. The maximum absolute atomic E-state index is 11.5. The lowest BCUT2D eigenvalue weighted by Gasteiger charge is -2.40. The molecule has 0 amide bonds. The lowest BCUT2D eigenvalue weighted by atomic mass is 9.91. The average Bonchev–Trinajstić information content (AvgIpc) is 2.66. The van der Waals surface area contributed by atoms with E-state index in [1.165, 1.54) is 12.1 Å². The first-order chi connectivity index (χ1) is 13.0. The Morgan fingerprint density at radius 2 is 1.96 bits per heavy atom. The minimum Gasteiger partial charge on any atom is -0.462 e. The van der Waals surface area contributed by atoms with Gasteiger partial charge in [-0.1, -0.05) is 6.92 Å². The third-order valence-corrected chi connectivity index (χ3v) is 4.82. The van der Waals surface area contributed by atoms with Crippen molar-refractivity contribution in [2.24, 2.45) is 5.92 Å². The molecular weight excluding hydrogens is 354 g/mol. The Hall–Kier alpha value is -2.52. The van der Waals surface area contributed by atoms with E-state index in [1.54, 1.807) is 31.2 Å². The molecule has 1 aliphatic carbocycles. The molecule has 3 N–H and O–H groups in total. The summed E-state index contributed by atoms with van der Waals surface area (Å²) >= 11 is 0. The van der Waals surface area contributed by atoms with Crippen LogP contribution in [-0.2, 0) is 4.74 Å². The molecule has 0 spiro atoms. The number of nitrogens with zero attached hydrogens (tertiary/aromatic N) is 1. The van der Waals surface area contributed by atoms with Gasteiger partial charge in [0, 0.05) is 18.1 Å². The standard InChI is InChI=1S/C19H19NO7/c1-9-16(8-21)27-19(18(24)17(9)23)25-11-3-5-13-15(7-11)26-14-6-10(22)2-4-12(14)20-13/h2-7,9,16-19,21,23-24H,8H2,1H3/t9-,16+,17-,18+,19+/m0/s1. The Bertz CT molecular complexity index is 985. The summed E-state index contributed by atoms with van der Waals surface area (Å²) in [6, 6.07) is 9.23. The van der Waals surface area contributed by atoms with Crippen LogP contribution < -0.4 is 10.2 Å². The molecule has 8 nitrogen and oxygen atoms in total. The van der Waals surface area contributed by atoms with Gasteiger partial charge in [0.1, 0.15) is 23.1 Å². The summed E-state index contributed by atoms with van der Waals surface area (Å²) in [5.74, 6) is 0.243. The average molecular weight is 373 g/mol. The molecule has 5 atom stereocenters. The summed E-state index contributed by atoms with van der Waals surface area (Å²) in [4.78, 5) is 15.9. The van der Waals surface area contributed by atoms with E-state index >= 15 is 0 Å². The van der Waals surface area contributed by atoms with Crippen molar-refractivity contribution >= 4 is 11.1 Å². The molecule has 1 aromatic carbocycles. The highest BCUT2D eigenvalue weighted by molar-refractivity contribution is 5.77. The monoisotopic (exact) mass is 373 g/mol. The van der Waals surface area contributed by atoms with Crippen LogP contribution in [0.15, 0.2) is 45.6 Å². The molecule has 0 saturated carbocycles. The van der Waals surface area contributed by atoms with Crippen LogP contribution in [0.5, 0.6) is 5.75 Å². The number of rotatable bonds is 3. The van der Waals surface area contributed by atoms with Crippen molar-refractivity contribution in [3.05, 3.63) is 46.6 Å². The highest BCUT2D eigenvalue weighted by Gasteiger charge is 2.43. The van der Waals surface area contributed by atoms with Crippen molar-refractivity contribution in [3.63, 3.8) is 0 Å². The zero-order valence-electron chi connectivity index (χ0n) is 14.5. The summed E-state index contributed by atoms with van der Waals surface area (Å²) < 4.78 is 17.0. The lowest BCUT2D eigenvalue weighted by Crippen LogP contribution is -2.56. The van der Waals surface area contributed by atoms with Crippen molar-refractivity contribution in [1.29, 1.82) is 0 Å². The number of ether oxygens (including phenoxy) is 2. The van der Waals surface area contributed by atoms with E-state index in [2.05, 4.69) is 4.98 Å². The highest BCUT2D eigenvalue weighted by atomic mass is 16.7. The number of aromatic nitrogens is 1. The Morgan fingerprint density at radius 1 is 1.15 bits per heavy atom. The minimum atomic E-state index is -1.27. The van der Waals surface area contributed by atoms with Gasteiger partial charge in [0.25, 0.3) is 0 Å². The predicted octanol–water partition coefficient (Wildman–Crippen LogP) is 0.747. The molecule has 142 valence electrons. The summed E-state index contributed by atoms with van der Waals surface area (Å²) in [6.45, 7) is 1.38. The second-order valence-electron chi connectivity index (χ2n) is 6.66. The van der Waals surface area contributed by atoms with E-state index < -0.39 is 30.5 Å². The molecule has 0 unspecified atom stereocenters. The fourth-order valence-corrected chi connectivity index (χ4v) is 3.17. The summed E-state index contributed by atoms with van der Waals surface area (Å²) in [5.41, 5.74) is 1.34. The third-order valence-electron chi connectivity index (χ3n) is 4.82. The molecule has 1 fully saturated rings. The number of fused-ring (bicyclic) bond motifs is 2. The minimum absolute atomic E-state index is 0.184. The van der Waals surface area contributed by atoms with E-state index in [4.69, 9.17) is 13.9 Å². The van der Waals surface area contributed by atoms with E-state index in [9.17, 15) is 20.1 Å². The molecule has 1 aromatic rings. The van der Waals surface area contributed by atoms with Gasteiger partial charge < -0.3 is 29.2 Å². The predicted molar refractivity (Wildman–Crippen MR) is 94.5 cm³/mol. The fourth-order valence-electron chi connectivity index (χ4n) is 3.17. The largest absolute Gasteiger partial charge is 0.462 e. The quantitative estimate of drug-likeness (QED) is 0.575. The highest BCUT2D eigenvalue weighted by Crippen LogP contribution is 2.30. The summed E-state index contributed by atoms with van der Waals surface area (Å²) in [5, 5.41) is 29.7. The van der Waals surface area contributed by atoms with Gasteiger partial charge >= 0.3 is 0 Å². The molecule has 4 rings (SSSR count). The SMILES string of the molecule is C[C@@H]1[C@H](O)[C@@H](O)[C@H](Oc2ccc3nc4ccc(=O)cc-4oc3c2)O[C@@H]1CO. The smallest absolute Gasteiger partial charge is 0.229 e. The van der Waals surface area contributed by atoms with Crippen molar-refractivity contribution in [2.45, 2.75) is 31.5 Å². The topological polar surface area (TPSA) is 122 Å². The first-order valence-electron chi connectivity index (χ1n) is 8.60. The fraction of sp³-hybridized carbons (Fsp3) is 0.368. The number of hydrogen-bond acceptors (Lipinski definition) is 8. The van der Waals surface area contributed by atoms with E-state index in [-0.39, 0.29) is 12.0 Å². The molecule has 27 heavy (non-hydrogen) atoms. The zero-order chi connectivity index (χ0) is 19.1. The van der Waals surface area contributed by atoms with Gasteiger partial charge in [-0.3, -0.25) is 4.79 Å². The second-order valence-corrected chi connectivity index (χ2v) is 6.66. The molecule has 3 aliphatic rings. The van der Waals surface area contributed by atoms with Crippen LogP contribution in [0.3, 0.4) is 0 Å². The first-order valence-corrected chi connectivity index (χ1v) is 8.60. The van der Waals surface area contributed by atoms with E-state index in [0.717, 1.165) is 0 Å². The normalized spacial score (nSPS) is 28.5. The molecule has 1 saturated heterocycles. The van der Waals surface area contributed by atoms with Gasteiger partial charge in [-0.2, -0.15) is 0 Å². The molecule has 0 radical (unpaired) electrons. The van der Waals surface area contributed by atoms with Crippen LogP contribution in [0.4, 0.5) is 0 Å². The summed E-state index contributed by atoms with van der Waals surface area (Å²) in [7, 11) is 0. The van der Waals surface area contributed by atoms with Crippen LogP contribution in [0.2, 0.25) is 0 Å². The Balaban J connectivity index is 1.65. The number of aliphatic hydroxyl groups is 3. The maximum atomic E-state index is 11.5. The zero-order valence-corrected chi connectivity index (χ0v) is 14.5. The van der Waals surface area contributed by atoms with Gasteiger partial charge in [0.15, 0.2) is 16.8 Å². The van der Waals surface area contributed by atoms with Crippen LogP contribution >= 0.6 is 0 Å². The second kappa shape index (κ2) is 6.90. The Labute approximate surface area is 153 Å².